The molecule has 0 aliphatic heterocycles. The molecule has 0 unspecified atom stereocenters. The zero-order valence-corrected chi connectivity index (χ0v) is 15.0. The number of aliphatic carboxylic acids is 1. The van der Waals surface area contributed by atoms with Crippen molar-refractivity contribution in [3.63, 3.8) is 0 Å². The van der Waals surface area contributed by atoms with Crippen molar-refractivity contribution in [3.05, 3.63) is 40.2 Å². The Morgan fingerprint density at radius 3 is 2.81 bits per heavy atom. The first-order valence-electron chi connectivity index (χ1n) is 8.51. The van der Waals surface area contributed by atoms with Crippen LogP contribution in [0.5, 0.6) is 0 Å². The maximum absolute atomic E-state index is 12.7. The van der Waals surface area contributed by atoms with E-state index in [0.29, 0.717) is 16.3 Å². The zero-order valence-electron chi connectivity index (χ0n) is 14.2. The smallest absolute Gasteiger partial charge is 0.303 e. The van der Waals surface area contributed by atoms with Gasteiger partial charge in [-0.25, -0.2) is 0 Å². The molecule has 0 fully saturated rings. The van der Waals surface area contributed by atoms with E-state index in [1.807, 2.05) is 0 Å². The first-order valence-corrected chi connectivity index (χ1v) is 9.33. The highest BCUT2D eigenvalue weighted by atomic mass is 32.1. The van der Waals surface area contributed by atoms with Crippen LogP contribution < -0.4 is 10.6 Å². The third-order valence-electron chi connectivity index (χ3n) is 4.20. The summed E-state index contributed by atoms with van der Waals surface area (Å²) in [4.78, 5) is 36.5. The number of nitrogens with one attached hydrogen (secondary N) is 2. The third-order valence-corrected chi connectivity index (χ3v) is 5.41. The Balaban J connectivity index is 1.68. The van der Waals surface area contributed by atoms with Crippen molar-refractivity contribution in [1.29, 1.82) is 0 Å². The standard InChI is InChI=1S/C18H20N2O5S/c21-14(7-2-8-15(22)23)20-18-16(12-5-1-6-13(12)26-18)17(24)19-10-11-4-3-9-25-11/h3-4,9H,1-2,5-8,10H2,(H,19,24)(H,20,21)(H,22,23). The van der Waals surface area contributed by atoms with Crippen LogP contribution in [-0.4, -0.2) is 22.9 Å². The fraction of sp³-hybridized carbons (Fsp3) is 0.389. The van der Waals surface area contributed by atoms with Crippen LogP contribution in [0.15, 0.2) is 22.8 Å². The van der Waals surface area contributed by atoms with Gasteiger partial charge in [0.05, 0.1) is 18.4 Å². The lowest BCUT2D eigenvalue weighted by Gasteiger charge is -2.09. The lowest BCUT2D eigenvalue weighted by atomic mass is 10.1. The molecule has 2 heterocycles. The monoisotopic (exact) mass is 376 g/mol. The molecule has 2 aromatic heterocycles. The van der Waals surface area contributed by atoms with Gasteiger partial charge in [0.1, 0.15) is 10.8 Å². The summed E-state index contributed by atoms with van der Waals surface area (Å²) in [5, 5.41) is 14.8. The summed E-state index contributed by atoms with van der Waals surface area (Å²) >= 11 is 1.44. The van der Waals surface area contributed by atoms with Gasteiger partial charge in [0, 0.05) is 17.7 Å². The summed E-state index contributed by atoms with van der Waals surface area (Å²) in [7, 11) is 0. The minimum atomic E-state index is -0.925. The van der Waals surface area contributed by atoms with Gasteiger partial charge < -0.3 is 20.2 Å². The van der Waals surface area contributed by atoms with Gasteiger partial charge in [0.25, 0.3) is 5.91 Å². The number of hydrogen-bond acceptors (Lipinski definition) is 5. The van der Waals surface area contributed by atoms with E-state index in [9.17, 15) is 14.4 Å². The molecule has 0 bridgehead atoms. The van der Waals surface area contributed by atoms with Gasteiger partial charge in [-0.2, -0.15) is 0 Å². The molecule has 138 valence electrons. The quantitative estimate of drug-likeness (QED) is 0.656. The average molecular weight is 376 g/mol. The average Bonchev–Trinajstić information content (AvgIpc) is 3.29. The molecule has 1 aliphatic rings. The first-order chi connectivity index (χ1) is 12.5. The normalized spacial score (nSPS) is 12.6. The third kappa shape index (κ3) is 4.32. The summed E-state index contributed by atoms with van der Waals surface area (Å²) in [5.74, 6) is -0.775. The molecule has 2 aromatic rings. The van der Waals surface area contributed by atoms with Crippen molar-refractivity contribution in [2.45, 2.75) is 45.1 Å². The maximum Gasteiger partial charge on any atom is 0.303 e. The molecule has 2 amide bonds. The Bertz CT molecular complexity index is 810. The maximum atomic E-state index is 12.7. The number of anilines is 1. The van der Waals surface area contributed by atoms with Crippen LogP contribution in [0.2, 0.25) is 0 Å². The second kappa shape index (κ2) is 8.18. The second-order valence-corrected chi connectivity index (χ2v) is 7.22. The molecular weight excluding hydrogens is 356 g/mol. The van der Waals surface area contributed by atoms with E-state index in [2.05, 4.69) is 10.6 Å². The van der Waals surface area contributed by atoms with E-state index in [1.54, 1.807) is 18.4 Å². The number of carbonyl (C=O) groups excluding carboxylic acids is 2. The van der Waals surface area contributed by atoms with Crippen LogP contribution in [0.3, 0.4) is 0 Å². The van der Waals surface area contributed by atoms with Gasteiger partial charge in [-0.1, -0.05) is 0 Å². The molecule has 0 saturated carbocycles. The zero-order chi connectivity index (χ0) is 18.5. The van der Waals surface area contributed by atoms with Gasteiger partial charge in [0.15, 0.2) is 0 Å². The molecule has 0 radical (unpaired) electrons. The molecule has 0 saturated heterocycles. The van der Waals surface area contributed by atoms with E-state index in [0.717, 1.165) is 29.7 Å². The van der Waals surface area contributed by atoms with Gasteiger partial charge >= 0.3 is 5.97 Å². The molecule has 3 rings (SSSR count). The van der Waals surface area contributed by atoms with Gasteiger partial charge in [-0.3, -0.25) is 14.4 Å². The Labute approximate surface area is 154 Å². The Morgan fingerprint density at radius 2 is 2.08 bits per heavy atom. The lowest BCUT2D eigenvalue weighted by Crippen LogP contribution is -2.24. The van der Waals surface area contributed by atoms with Crippen LogP contribution >= 0.6 is 11.3 Å². The van der Waals surface area contributed by atoms with E-state index >= 15 is 0 Å². The number of carbonyl (C=O) groups is 3. The number of thiophene rings is 1. The van der Waals surface area contributed by atoms with Gasteiger partial charge in [-0.15, -0.1) is 11.3 Å². The van der Waals surface area contributed by atoms with Crippen LogP contribution in [0.25, 0.3) is 0 Å². The molecule has 7 nitrogen and oxygen atoms in total. The Morgan fingerprint density at radius 1 is 1.23 bits per heavy atom. The van der Waals surface area contributed by atoms with Crippen LogP contribution in [0.1, 0.15) is 52.2 Å². The minimum absolute atomic E-state index is 0.0507. The first kappa shape index (κ1) is 18.2. The van der Waals surface area contributed by atoms with Crippen molar-refractivity contribution in [2.24, 2.45) is 0 Å². The predicted octanol–water partition coefficient (Wildman–Crippen LogP) is 2.95. The van der Waals surface area contributed by atoms with Crippen molar-refractivity contribution in [1.82, 2.24) is 5.32 Å². The van der Waals surface area contributed by atoms with E-state index < -0.39 is 5.97 Å². The molecular formula is C18H20N2O5S. The largest absolute Gasteiger partial charge is 0.481 e. The fourth-order valence-corrected chi connectivity index (χ4v) is 4.29. The minimum Gasteiger partial charge on any atom is -0.481 e. The SMILES string of the molecule is O=C(O)CCCC(=O)Nc1sc2c(c1C(=O)NCc1ccco1)CCC2. The highest BCUT2D eigenvalue weighted by Gasteiger charge is 2.27. The number of hydrogen-bond donors (Lipinski definition) is 3. The Kier molecular flexibility index (Phi) is 5.72. The second-order valence-electron chi connectivity index (χ2n) is 6.12. The number of aryl methyl sites for hydroxylation is 1. The van der Waals surface area contributed by atoms with Crippen LogP contribution in [0.4, 0.5) is 5.00 Å². The fourth-order valence-electron chi connectivity index (χ4n) is 2.99. The molecule has 0 atom stereocenters. The molecule has 8 heteroatoms. The van der Waals surface area contributed by atoms with Crippen molar-refractivity contribution >= 4 is 34.1 Å². The van der Waals surface area contributed by atoms with Gasteiger partial charge in [0.2, 0.25) is 5.91 Å². The molecule has 3 N–H and O–H groups in total. The molecule has 1 aliphatic carbocycles. The summed E-state index contributed by atoms with van der Waals surface area (Å²) < 4.78 is 5.22. The number of carboxylic acids is 1. The molecule has 0 aromatic carbocycles. The predicted molar refractivity (Wildman–Crippen MR) is 96.3 cm³/mol. The van der Waals surface area contributed by atoms with Crippen molar-refractivity contribution in [2.75, 3.05) is 5.32 Å². The molecule has 0 spiro atoms. The number of furan rings is 1. The highest BCUT2D eigenvalue weighted by Crippen LogP contribution is 2.39. The number of carboxylic acid groups (broad SMARTS) is 1. The lowest BCUT2D eigenvalue weighted by molar-refractivity contribution is -0.137. The summed E-state index contributed by atoms with van der Waals surface area (Å²) in [6.45, 7) is 0.280. The summed E-state index contributed by atoms with van der Waals surface area (Å²) in [5.41, 5.74) is 1.54. The molecule has 26 heavy (non-hydrogen) atoms. The van der Waals surface area contributed by atoms with Crippen molar-refractivity contribution in [3.8, 4) is 0 Å². The number of rotatable bonds is 8. The summed E-state index contributed by atoms with van der Waals surface area (Å²) in [6, 6.07) is 3.54. The number of fused-ring (bicyclic) bond motifs is 1. The Hall–Kier alpha value is -2.61. The topological polar surface area (TPSA) is 109 Å². The van der Waals surface area contributed by atoms with E-state index in [4.69, 9.17) is 9.52 Å². The van der Waals surface area contributed by atoms with Crippen LogP contribution in [-0.2, 0) is 29.0 Å². The van der Waals surface area contributed by atoms with E-state index in [1.165, 1.54) is 11.3 Å². The van der Waals surface area contributed by atoms with Crippen molar-refractivity contribution < 1.29 is 23.9 Å². The van der Waals surface area contributed by atoms with E-state index in [-0.39, 0.29) is 37.6 Å². The number of amides is 2. The van der Waals surface area contributed by atoms with Crippen LogP contribution in [0, 0.1) is 0 Å². The highest BCUT2D eigenvalue weighted by molar-refractivity contribution is 7.17. The van der Waals surface area contributed by atoms with Gasteiger partial charge in [-0.05, 0) is 43.4 Å². The summed E-state index contributed by atoms with van der Waals surface area (Å²) in [6.07, 6.45) is 4.62.